The van der Waals surface area contributed by atoms with E-state index in [1.165, 1.54) is 5.69 Å². The molecule has 1 heterocycles. The number of hydrogen-bond donors (Lipinski definition) is 2. The van der Waals surface area contributed by atoms with Gasteiger partial charge in [-0.3, -0.25) is 9.89 Å². The van der Waals surface area contributed by atoms with Crippen molar-refractivity contribution in [3.8, 4) is 0 Å². The molecule has 0 unspecified atom stereocenters. The average molecular weight is 445 g/mol. The highest BCUT2D eigenvalue weighted by Gasteiger charge is 2.16. The van der Waals surface area contributed by atoms with Crippen LogP contribution in [0.1, 0.15) is 20.3 Å². The van der Waals surface area contributed by atoms with Crippen LogP contribution in [-0.2, 0) is 0 Å². The normalized spacial score (nSPS) is 16.1. The van der Waals surface area contributed by atoms with Crippen molar-refractivity contribution in [2.75, 3.05) is 50.7 Å². The van der Waals surface area contributed by atoms with Gasteiger partial charge in [0.05, 0.1) is 0 Å². The number of halogens is 1. The molecule has 1 aliphatic heterocycles. The molecule has 1 fully saturated rings. The van der Waals surface area contributed by atoms with Crippen LogP contribution in [0.15, 0.2) is 35.3 Å². The molecule has 0 bridgehead atoms. The molecule has 1 saturated heterocycles. The number of nitrogens with one attached hydrogen (secondary N) is 1. The summed E-state index contributed by atoms with van der Waals surface area (Å²) in [6.07, 6.45) is 1.10. The third-order valence-electron chi connectivity index (χ3n) is 4.08. The lowest BCUT2D eigenvalue weighted by Crippen LogP contribution is -2.47. The summed E-state index contributed by atoms with van der Waals surface area (Å²) in [5.41, 5.74) is 7.18. The molecular weight excluding hydrogens is 413 g/mol. The Morgan fingerprint density at radius 1 is 1.17 bits per heavy atom. The first kappa shape index (κ1) is 21.0. The second-order valence-corrected chi connectivity index (χ2v) is 6.56. The summed E-state index contributed by atoms with van der Waals surface area (Å²) in [6, 6.07) is 10.7. The van der Waals surface area contributed by atoms with E-state index in [9.17, 15) is 0 Å². The number of nitrogens with zero attached hydrogens (tertiary/aromatic N) is 3. The molecule has 24 heavy (non-hydrogen) atoms. The molecule has 1 aromatic carbocycles. The maximum atomic E-state index is 5.84. The van der Waals surface area contributed by atoms with Gasteiger partial charge < -0.3 is 16.0 Å². The Kier molecular flexibility index (Phi) is 10.1. The van der Waals surface area contributed by atoms with Crippen LogP contribution in [0.5, 0.6) is 0 Å². The third-order valence-corrected chi connectivity index (χ3v) is 4.08. The average Bonchev–Trinajstić information content (AvgIpc) is 2.58. The van der Waals surface area contributed by atoms with Gasteiger partial charge in [0.1, 0.15) is 0 Å². The smallest absolute Gasteiger partial charge is 0.188 e. The minimum Gasteiger partial charge on any atom is -0.370 e. The van der Waals surface area contributed by atoms with Crippen LogP contribution >= 0.6 is 24.0 Å². The monoisotopic (exact) mass is 445 g/mol. The SMILES string of the molecule is CC(C)CN=C(N)NCCCN1CCN(c2ccccc2)CC1.I. The molecule has 0 aromatic heterocycles. The lowest BCUT2D eigenvalue weighted by atomic mass is 10.2. The highest BCUT2D eigenvalue weighted by molar-refractivity contribution is 14.0. The number of hydrogen-bond acceptors (Lipinski definition) is 3. The molecule has 2 rings (SSSR count). The van der Waals surface area contributed by atoms with E-state index in [1.54, 1.807) is 0 Å². The zero-order chi connectivity index (χ0) is 16.5. The van der Waals surface area contributed by atoms with Crippen molar-refractivity contribution < 1.29 is 0 Å². The molecule has 3 N–H and O–H groups in total. The van der Waals surface area contributed by atoms with Crippen LogP contribution < -0.4 is 16.0 Å². The van der Waals surface area contributed by atoms with Crippen molar-refractivity contribution in [1.29, 1.82) is 0 Å². The largest absolute Gasteiger partial charge is 0.370 e. The third kappa shape index (κ3) is 7.70. The van der Waals surface area contributed by atoms with Crippen LogP contribution in [-0.4, -0.2) is 56.7 Å². The topological polar surface area (TPSA) is 56.9 Å². The molecule has 1 aromatic rings. The van der Waals surface area contributed by atoms with E-state index >= 15 is 0 Å². The number of para-hydroxylation sites is 1. The van der Waals surface area contributed by atoms with Gasteiger partial charge in [0, 0.05) is 45.0 Å². The molecule has 136 valence electrons. The van der Waals surface area contributed by atoms with Crippen LogP contribution in [0.3, 0.4) is 0 Å². The van der Waals surface area contributed by atoms with Crippen LogP contribution in [0.2, 0.25) is 0 Å². The number of anilines is 1. The molecule has 1 aliphatic rings. The Bertz CT molecular complexity index is 470. The van der Waals surface area contributed by atoms with Crippen molar-refractivity contribution >= 4 is 35.6 Å². The summed E-state index contributed by atoms with van der Waals surface area (Å²) in [7, 11) is 0. The Labute approximate surface area is 163 Å². The van der Waals surface area contributed by atoms with Crippen LogP contribution in [0.25, 0.3) is 0 Å². The first-order chi connectivity index (χ1) is 11.1. The molecule has 0 aliphatic carbocycles. The second kappa shape index (κ2) is 11.5. The van der Waals surface area contributed by atoms with E-state index in [4.69, 9.17) is 5.73 Å². The molecule has 0 spiro atoms. The first-order valence-electron chi connectivity index (χ1n) is 8.71. The van der Waals surface area contributed by atoms with E-state index in [0.717, 1.165) is 52.2 Å². The van der Waals surface area contributed by atoms with Gasteiger partial charge in [-0.15, -0.1) is 24.0 Å². The summed E-state index contributed by atoms with van der Waals surface area (Å²) in [6.45, 7) is 11.6. The highest BCUT2D eigenvalue weighted by Crippen LogP contribution is 2.15. The minimum atomic E-state index is 0. The highest BCUT2D eigenvalue weighted by atomic mass is 127. The lowest BCUT2D eigenvalue weighted by Gasteiger charge is -2.36. The maximum absolute atomic E-state index is 5.84. The van der Waals surface area contributed by atoms with Gasteiger partial charge in [-0.25, -0.2) is 0 Å². The minimum absolute atomic E-state index is 0. The van der Waals surface area contributed by atoms with Gasteiger partial charge in [0.2, 0.25) is 0 Å². The molecule has 5 nitrogen and oxygen atoms in total. The summed E-state index contributed by atoms with van der Waals surface area (Å²) < 4.78 is 0. The van der Waals surface area contributed by atoms with Gasteiger partial charge in [-0.05, 0) is 31.0 Å². The van der Waals surface area contributed by atoms with E-state index < -0.39 is 0 Å². The first-order valence-corrected chi connectivity index (χ1v) is 8.71. The van der Waals surface area contributed by atoms with E-state index in [-0.39, 0.29) is 24.0 Å². The molecule has 6 heteroatoms. The van der Waals surface area contributed by atoms with Gasteiger partial charge in [-0.2, -0.15) is 0 Å². The summed E-state index contributed by atoms with van der Waals surface area (Å²) in [5, 5.41) is 3.20. The Hall–Kier alpha value is -1.02. The molecule has 0 amide bonds. The van der Waals surface area contributed by atoms with E-state index in [0.29, 0.717) is 11.9 Å². The summed E-state index contributed by atoms with van der Waals surface area (Å²) in [4.78, 5) is 9.31. The number of aliphatic imine (C=N–C) groups is 1. The summed E-state index contributed by atoms with van der Waals surface area (Å²) in [5.74, 6) is 1.13. The van der Waals surface area contributed by atoms with Crippen molar-refractivity contribution in [2.45, 2.75) is 20.3 Å². The van der Waals surface area contributed by atoms with Crippen molar-refractivity contribution in [3.05, 3.63) is 30.3 Å². The molecule has 0 saturated carbocycles. The number of guanidine groups is 1. The van der Waals surface area contributed by atoms with Gasteiger partial charge in [0.25, 0.3) is 0 Å². The summed E-state index contributed by atoms with van der Waals surface area (Å²) >= 11 is 0. The molecular formula is C18H32IN5. The zero-order valence-electron chi connectivity index (χ0n) is 14.9. The zero-order valence-corrected chi connectivity index (χ0v) is 17.3. The van der Waals surface area contributed by atoms with Crippen molar-refractivity contribution in [2.24, 2.45) is 16.6 Å². The Morgan fingerprint density at radius 2 is 1.83 bits per heavy atom. The molecule has 0 atom stereocenters. The lowest BCUT2D eigenvalue weighted by molar-refractivity contribution is 0.255. The van der Waals surface area contributed by atoms with Crippen LogP contribution in [0.4, 0.5) is 5.69 Å². The predicted octanol–water partition coefficient (Wildman–Crippen LogP) is 2.38. The number of rotatable bonds is 7. The number of nitrogens with two attached hydrogens (primary N) is 1. The fourth-order valence-electron chi connectivity index (χ4n) is 2.72. The van der Waals surface area contributed by atoms with Crippen molar-refractivity contribution in [3.63, 3.8) is 0 Å². The van der Waals surface area contributed by atoms with E-state index in [2.05, 4.69) is 64.3 Å². The van der Waals surface area contributed by atoms with Gasteiger partial charge in [-0.1, -0.05) is 32.0 Å². The van der Waals surface area contributed by atoms with Crippen molar-refractivity contribution in [1.82, 2.24) is 10.2 Å². The fourth-order valence-corrected chi connectivity index (χ4v) is 2.72. The second-order valence-electron chi connectivity index (χ2n) is 6.56. The molecule has 0 radical (unpaired) electrons. The standard InChI is InChI=1S/C18H31N5.HI/c1-16(2)15-21-18(19)20-9-6-10-22-11-13-23(14-12-22)17-7-4-3-5-8-17;/h3-5,7-8,16H,6,9-15H2,1-2H3,(H3,19,20,21);1H. The van der Waals surface area contributed by atoms with Crippen LogP contribution in [0, 0.1) is 5.92 Å². The quantitative estimate of drug-likeness (QED) is 0.293. The Balaban J connectivity index is 0.00000288. The van der Waals surface area contributed by atoms with E-state index in [1.807, 2.05) is 0 Å². The predicted molar refractivity (Wildman–Crippen MR) is 114 cm³/mol. The Morgan fingerprint density at radius 3 is 2.46 bits per heavy atom. The van der Waals surface area contributed by atoms with Gasteiger partial charge >= 0.3 is 0 Å². The maximum Gasteiger partial charge on any atom is 0.188 e. The fraction of sp³-hybridized carbons (Fsp3) is 0.611. The van der Waals surface area contributed by atoms with Gasteiger partial charge in [0.15, 0.2) is 5.96 Å². The number of piperazine rings is 1. The number of benzene rings is 1.